The first-order chi connectivity index (χ1) is 11.0. The topological polar surface area (TPSA) is 64.6 Å². The van der Waals surface area contributed by atoms with Crippen LogP contribution in [0.4, 0.5) is 5.69 Å². The summed E-state index contributed by atoms with van der Waals surface area (Å²) in [6, 6.07) is 15.5. The van der Waals surface area contributed by atoms with Crippen molar-refractivity contribution >= 4 is 29.2 Å². The predicted molar refractivity (Wildman–Crippen MR) is 87.6 cm³/mol. The smallest absolute Gasteiger partial charge is 0.344 e. The van der Waals surface area contributed by atoms with Gasteiger partial charge in [0.15, 0.2) is 12.7 Å². The van der Waals surface area contributed by atoms with E-state index in [9.17, 15) is 9.59 Å². The van der Waals surface area contributed by atoms with Gasteiger partial charge in [-0.2, -0.15) is 0 Å². The molecule has 0 aliphatic heterocycles. The van der Waals surface area contributed by atoms with Crippen molar-refractivity contribution < 1.29 is 19.1 Å². The van der Waals surface area contributed by atoms with Gasteiger partial charge in [-0.05, 0) is 43.3 Å². The molecule has 0 spiro atoms. The molecule has 0 aliphatic rings. The van der Waals surface area contributed by atoms with Crippen molar-refractivity contribution in [3.63, 3.8) is 0 Å². The van der Waals surface area contributed by atoms with E-state index in [1.165, 1.54) is 6.92 Å². The summed E-state index contributed by atoms with van der Waals surface area (Å²) < 4.78 is 10.3. The molecule has 0 aromatic heterocycles. The molecule has 0 saturated heterocycles. The summed E-state index contributed by atoms with van der Waals surface area (Å²) in [6.07, 6.45) is -0.920. The minimum atomic E-state index is -0.920. The van der Waals surface area contributed by atoms with Crippen LogP contribution in [-0.4, -0.2) is 24.6 Å². The van der Waals surface area contributed by atoms with Crippen molar-refractivity contribution in [2.75, 3.05) is 11.9 Å². The van der Waals surface area contributed by atoms with E-state index in [1.807, 2.05) is 6.07 Å². The van der Waals surface area contributed by atoms with Crippen LogP contribution in [0.2, 0.25) is 5.02 Å². The first-order valence-corrected chi connectivity index (χ1v) is 7.36. The fourth-order valence-electron chi connectivity index (χ4n) is 1.72. The van der Waals surface area contributed by atoms with Crippen LogP contribution in [0.5, 0.6) is 5.75 Å². The van der Waals surface area contributed by atoms with Gasteiger partial charge in [0, 0.05) is 10.7 Å². The summed E-state index contributed by atoms with van der Waals surface area (Å²) in [5.74, 6) is -0.542. The van der Waals surface area contributed by atoms with Crippen molar-refractivity contribution in [3.05, 3.63) is 59.6 Å². The number of para-hydroxylation sites is 1. The molecule has 0 unspecified atom stereocenters. The number of amides is 1. The summed E-state index contributed by atoms with van der Waals surface area (Å²) in [6.45, 7) is 1.21. The molecule has 0 aliphatic carbocycles. The lowest BCUT2D eigenvalue weighted by atomic mass is 10.3. The monoisotopic (exact) mass is 333 g/mol. The average molecular weight is 334 g/mol. The molecule has 120 valence electrons. The highest BCUT2D eigenvalue weighted by molar-refractivity contribution is 6.30. The van der Waals surface area contributed by atoms with Crippen LogP contribution >= 0.6 is 11.6 Å². The first-order valence-electron chi connectivity index (χ1n) is 6.98. The Hall–Kier alpha value is -2.53. The lowest BCUT2D eigenvalue weighted by Crippen LogP contribution is -2.31. The van der Waals surface area contributed by atoms with Crippen LogP contribution in [0.1, 0.15) is 6.92 Å². The third kappa shape index (κ3) is 5.64. The molecule has 1 atom stereocenters. The standard InChI is InChI=1S/C17H16ClNO4/c1-12(17(21)19-14-5-3-2-4-6-14)23-16(20)11-22-15-9-7-13(18)8-10-15/h2-10,12H,11H2,1H3,(H,19,21)/t12-/m0/s1. The van der Waals surface area contributed by atoms with Crippen molar-refractivity contribution in [1.29, 1.82) is 0 Å². The summed E-state index contributed by atoms with van der Waals surface area (Å²) in [5, 5.41) is 3.23. The first kappa shape index (κ1) is 16.8. The molecule has 23 heavy (non-hydrogen) atoms. The number of hydrogen-bond donors (Lipinski definition) is 1. The van der Waals surface area contributed by atoms with Gasteiger partial charge in [0.2, 0.25) is 0 Å². The maximum Gasteiger partial charge on any atom is 0.344 e. The van der Waals surface area contributed by atoms with Crippen LogP contribution < -0.4 is 10.1 Å². The van der Waals surface area contributed by atoms with E-state index in [0.717, 1.165) is 0 Å². The Labute approximate surface area is 139 Å². The van der Waals surface area contributed by atoms with Gasteiger partial charge < -0.3 is 14.8 Å². The molecular formula is C17H16ClNO4. The molecule has 2 aromatic rings. The average Bonchev–Trinajstić information content (AvgIpc) is 2.55. The highest BCUT2D eigenvalue weighted by atomic mass is 35.5. The minimum absolute atomic E-state index is 0.287. The fraction of sp³-hybridized carbons (Fsp3) is 0.176. The molecule has 0 radical (unpaired) electrons. The molecule has 2 aromatic carbocycles. The number of carbonyl (C=O) groups is 2. The van der Waals surface area contributed by atoms with E-state index in [-0.39, 0.29) is 6.61 Å². The Bertz CT molecular complexity index is 658. The Morgan fingerprint density at radius 2 is 1.74 bits per heavy atom. The summed E-state index contributed by atoms with van der Waals surface area (Å²) in [4.78, 5) is 23.6. The quantitative estimate of drug-likeness (QED) is 0.824. The molecule has 0 fully saturated rings. The Kier molecular flexibility index (Phi) is 6.00. The number of carbonyl (C=O) groups excluding carboxylic acids is 2. The van der Waals surface area contributed by atoms with Gasteiger partial charge in [-0.25, -0.2) is 4.79 Å². The molecule has 2 rings (SSSR count). The van der Waals surface area contributed by atoms with Gasteiger partial charge >= 0.3 is 5.97 Å². The second-order valence-electron chi connectivity index (χ2n) is 4.73. The minimum Gasteiger partial charge on any atom is -0.482 e. The summed E-state index contributed by atoms with van der Waals surface area (Å²) >= 11 is 5.75. The lowest BCUT2D eigenvalue weighted by molar-refractivity contribution is -0.155. The normalized spacial score (nSPS) is 11.4. The van der Waals surface area contributed by atoms with Crippen molar-refractivity contribution in [2.24, 2.45) is 0 Å². The van der Waals surface area contributed by atoms with Gasteiger partial charge in [0.1, 0.15) is 5.75 Å². The zero-order valence-electron chi connectivity index (χ0n) is 12.5. The van der Waals surface area contributed by atoms with Gasteiger partial charge in [-0.15, -0.1) is 0 Å². The number of halogens is 1. The maximum atomic E-state index is 11.9. The molecule has 0 bridgehead atoms. The van der Waals surface area contributed by atoms with Crippen LogP contribution in [0.3, 0.4) is 0 Å². The molecule has 1 amide bonds. The van der Waals surface area contributed by atoms with E-state index < -0.39 is 18.0 Å². The number of anilines is 1. The van der Waals surface area contributed by atoms with Crippen LogP contribution in [0.25, 0.3) is 0 Å². The number of rotatable bonds is 6. The molecule has 0 heterocycles. The number of benzene rings is 2. The van der Waals surface area contributed by atoms with Gasteiger partial charge in [0.25, 0.3) is 5.91 Å². The Morgan fingerprint density at radius 3 is 2.39 bits per heavy atom. The molecule has 5 nitrogen and oxygen atoms in total. The highest BCUT2D eigenvalue weighted by Gasteiger charge is 2.18. The zero-order valence-corrected chi connectivity index (χ0v) is 13.2. The molecule has 1 N–H and O–H groups in total. The van der Waals surface area contributed by atoms with E-state index in [2.05, 4.69) is 5.32 Å². The van der Waals surface area contributed by atoms with Gasteiger partial charge in [-0.1, -0.05) is 29.8 Å². The second kappa shape index (κ2) is 8.19. The number of nitrogens with one attached hydrogen (secondary N) is 1. The number of hydrogen-bond acceptors (Lipinski definition) is 4. The van der Waals surface area contributed by atoms with E-state index in [0.29, 0.717) is 16.5 Å². The zero-order chi connectivity index (χ0) is 16.7. The molecule has 0 saturated carbocycles. The summed E-state index contributed by atoms with van der Waals surface area (Å²) in [5.41, 5.74) is 0.637. The van der Waals surface area contributed by atoms with Crippen molar-refractivity contribution in [1.82, 2.24) is 0 Å². The fourth-order valence-corrected chi connectivity index (χ4v) is 1.85. The predicted octanol–water partition coefficient (Wildman–Crippen LogP) is 3.29. The van der Waals surface area contributed by atoms with Crippen molar-refractivity contribution in [3.8, 4) is 5.75 Å². The molecular weight excluding hydrogens is 318 g/mol. The van der Waals surface area contributed by atoms with Gasteiger partial charge in [-0.3, -0.25) is 4.79 Å². The molecule has 6 heteroatoms. The number of ether oxygens (including phenoxy) is 2. The largest absolute Gasteiger partial charge is 0.482 e. The van der Waals surface area contributed by atoms with Crippen LogP contribution in [0, 0.1) is 0 Å². The van der Waals surface area contributed by atoms with E-state index in [4.69, 9.17) is 21.1 Å². The van der Waals surface area contributed by atoms with Crippen LogP contribution in [-0.2, 0) is 14.3 Å². The van der Waals surface area contributed by atoms with Crippen molar-refractivity contribution in [2.45, 2.75) is 13.0 Å². The third-order valence-electron chi connectivity index (χ3n) is 2.89. The van der Waals surface area contributed by atoms with Gasteiger partial charge in [0.05, 0.1) is 0 Å². The Morgan fingerprint density at radius 1 is 1.09 bits per heavy atom. The maximum absolute atomic E-state index is 11.9. The lowest BCUT2D eigenvalue weighted by Gasteiger charge is -2.14. The summed E-state index contributed by atoms with van der Waals surface area (Å²) in [7, 11) is 0. The SMILES string of the molecule is C[C@H](OC(=O)COc1ccc(Cl)cc1)C(=O)Nc1ccccc1. The van der Waals surface area contributed by atoms with E-state index >= 15 is 0 Å². The van der Waals surface area contributed by atoms with Crippen LogP contribution in [0.15, 0.2) is 54.6 Å². The number of esters is 1. The highest BCUT2D eigenvalue weighted by Crippen LogP contribution is 2.15. The Balaban J connectivity index is 1.77. The third-order valence-corrected chi connectivity index (χ3v) is 3.14. The van der Waals surface area contributed by atoms with E-state index in [1.54, 1.807) is 48.5 Å². The second-order valence-corrected chi connectivity index (χ2v) is 5.17.